The lowest BCUT2D eigenvalue weighted by Gasteiger charge is -2.19. The van der Waals surface area contributed by atoms with E-state index in [-0.39, 0.29) is 0 Å². The second-order valence-corrected chi connectivity index (χ2v) is 7.05. The van der Waals surface area contributed by atoms with Gasteiger partial charge in [0, 0.05) is 28.1 Å². The monoisotopic (exact) mass is 360 g/mol. The van der Waals surface area contributed by atoms with E-state index in [0.29, 0.717) is 0 Å². The highest BCUT2D eigenvalue weighted by Crippen LogP contribution is 2.45. The Morgan fingerprint density at radius 1 is 0.500 bits per heavy atom. The van der Waals surface area contributed by atoms with E-state index in [1.54, 1.807) is 0 Å². The average Bonchev–Trinajstić information content (AvgIpc) is 2.75. The van der Waals surface area contributed by atoms with Crippen molar-refractivity contribution in [1.82, 2.24) is 0 Å². The number of hydrogen-bond donors (Lipinski definition) is 2. The fourth-order valence-corrected chi connectivity index (χ4v) is 4.06. The molecule has 5 rings (SSSR count). The van der Waals surface area contributed by atoms with Crippen LogP contribution in [0.3, 0.4) is 0 Å². The molecule has 0 atom stereocenters. The van der Waals surface area contributed by atoms with Gasteiger partial charge in [-0.15, -0.1) is 0 Å². The first-order chi connectivity index (χ1) is 13.7. The molecular formula is C26H20N2. The third-order valence-electron chi connectivity index (χ3n) is 5.39. The summed E-state index contributed by atoms with van der Waals surface area (Å²) >= 11 is 0. The Morgan fingerprint density at radius 2 is 1.11 bits per heavy atom. The molecule has 0 saturated heterocycles. The molecule has 0 aliphatic carbocycles. The zero-order valence-corrected chi connectivity index (χ0v) is 15.4. The van der Waals surface area contributed by atoms with Crippen molar-refractivity contribution in [3.05, 3.63) is 97.1 Å². The van der Waals surface area contributed by atoms with Crippen LogP contribution in [0.4, 0.5) is 11.4 Å². The molecule has 0 bridgehead atoms. The van der Waals surface area contributed by atoms with Gasteiger partial charge in [-0.1, -0.05) is 84.9 Å². The van der Waals surface area contributed by atoms with E-state index in [1.165, 1.54) is 0 Å². The standard InChI is InChI=1S/C26H20N2/c27-23-15-14-18-10-4-6-12-20(18)24(23)25-21-13-7-5-11-19(21)16-22(26(25)28)17-8-2-1-3-9-17/h1-16H,27-28H2. The second-order valence-electron chi connectivity index (χ2n) is 7.05. The summed E-state index contributed by atoms with van der Waals surface area (Å²) < 4.78 is 0. The molecule has 2 nitrogen and oxygen atoms in total. The molecule has 0 radical (unpaired) electrons. The third-order valence-corrected chi connectivity index (χ3v) is 5.39. The van der Waals surface area contributed by atoms with Gasteiger partial charge in [0.15, 0.2) is 0 Å². The van der Waals surface area contributed by atoms with E-state index in [1.807, 2.05) is 36.4 Å². The molecule has 28 heavy (non-hydrogen) atoms. The molecule has 5 aromatic rings. The van der Waals surface area contributed by atoms with Crippen molar-refractivity contribution < 1.29 is 0 Å². The molecule has 0 aliphatic rings. The molecule has 2 heteroatoms. The highest BCUT2D eigenvalue weighted by molar-refractivity contribution is 6.15. The number of benzene rings is 5. The van der Waals surface area contributed by atoms with Crippen molar-refractivity contribution in [3.63, 3.8) is 0 Å². The Kier molecular flexibility index (Phi) is 3.77. The summed E-state index contributed by atoms with van der Waals surface area (Å²) in [6.45, 7) is 0. The average molecular weight is 360 g/mol. The Balaban J connectivity index is 1.96. The molecule has 0 amide bonds. The quantitative estimate of drug-likeness (QED) is 0.353. The maximum Gasteiger partial charge on any atom is 0.0480 e. The Labute approximate surface area is 164 Å². The lowest BCUT2D eigenvalue weighted by atomic mass is 9.88. The van der Waals surface area contributed by atoms with Crippen molar-refractivity contribution >= 4 is 32.9 Å². The molecule has 0 aliphatic heterocycles. The fraction of sp³-hybridized carbons (Fsp3) is 0. The molecule has 134 valence electrons. The first-order valence-corrected chi connectivity index (χ1v) is 9.38. The highest BCUT2D eigenvalue weighted by atomic mass is 14.6. The second kappa shape index (κ2) is 6.43. The molecule has 0 aromatic heterocycles. The topological polar surface area (TPSA) is 52.0 Å². The van der Waals surface area contributed by atoms with Crippen LogP contribution in [0.15, 0.2) is 97.1 Å². The summed E-state index contributed by atoms with van der Waals surface area (Å²) in [7, 11) is 0. The van der Waals surface area contributed by atoms with Crippen LogP contribution in [0, 0.1) is 0 Å². The summed E-state index contributed by atoms with van der Waals surface area (Å²) in [4.78, 5) is 0. The van der Waals surface area contributed by atoms with Crippen LogP contribution >= 0.6 is 0 Å². The minimum absolute atomic E-state index is 0.737. The Morgan fingerprint density at radius 3 is 1.86 bits per heavy atom. The third kappa shape index (κ3) is 2.50. The van der Waals surface area contributed by atoms with Gasteiger partial charge in [-0.3, -0.25) is 0 Å². The SMILES string of the molecule is Nc1ccc2ccccc2c1-c1c(N)c(-c2ccccc2)cc2ccccc12. The van der Waals surface area contributed by atoms with Crippen molar-refractivity contribution in [2.75, 3.05) is 11.5 Å². The van der Waals surface area contributed by atoms with E-state index in [0.717, 1.165) is 55.2 Å². The van der Waals surface area contributed by atoms with Crippen molar-refractivity contribution in [2.24, 2.45) is 0 Å². The zero-order chi connectivity index (χ0) is 19.1. The zero-order valence-electron chi connectivity index (χ0n) is 15.4. The van der Waals surface area contributed by atoms with E-state index in [4.69, 9.17) is 11.5 Å². The highest BCUT2D eigenvalue weighted by Gasteiger charge is 2.18. The molecule has 0 unspecified atom stereocenters. The summed E-state index contributed by atoms with van der Waals surface area (Å²) in [5.74, 6) is 0. The van der Waals surface area contributed by atoms with E-state index >= 15 is 0 Å². The van der Waals surface area contributed by atoms with Gasteiger partial charge in [-0.2, -0.15) is 0 Å². The number of hydrogen-bond acceptors (Lipinski definition) is 2. The summed E-state index contributed by atoms with van der Waals surface area (Å²) in [5, 5.41) is 4.53. The van der Waals surface area contributed by atoms with Crippen LogP contribution in [-0.4, -0.2) is 0 Å². The predicted octanol–water partition coefficient (Wildman–Crippen LogP) is 6.49. The summed E-state index contributed by atoms with van der Waals surface area (Å²) in [5.41, 5.74) is 19.0. The first kappa shape index (κ1) is 16.4. The minimum atomic E-state index is 0.737. The number of nitrogens with two attached hydrogens (primary N) is 2. The van der Waals surface area contributed by atoms with Crippen LogP contribution in [0.5, 0.6) is 0 Å². The fourth-order valence-electron chi connectivity index (χ4n) is 4.06. The van der Waals surface area contributed by atoms with Crippen LogP contribution in [-0.2, 0) is 0 Å². The molecular weight excluding hydrogens is 340 g/mol. The van der Waals surface area contributed by atoms with Crippen molar-refractivity contribution in [2.45, 2.75) is 0 Å². The molecule has 4 N–H and O–H groups in total. The van der Waals surface area contributed by atoms with Gasteiger partial charge in [0.25, 0.3) is 0 Å². The Hall–Kier alpha value is -3.78. The number of anilines is 2. The summed E-state index contributed by atoms with van der Waals surface area (Å²) in [6, 6.07) is 33.2. The Bertz CT molecular complexity index is 1320. The van der Waals surface area contributed by atoms with Gasteiger partial charge >= 0.3 is 0 Å². The lowest BCUT2D eigenvalue weighted by molar-refractivity contribution is 1.62. The van der Waals surface area contributed by atoms with Crippen LogP contribution < -0.4 is 11.5 Å². The largest absolute Gasteiger partial charge is 0.398 e. The van der Waals surface area contributed by atoms with Gasteiger partial charge < -0.3 is 11.5 Å². The molecule has 0 heterocycles. The molecule has 0 fully saturated rings. The number of nitrogen functional groups attached to an aromatic ring is 2. The van der Waals surface area contributed by atoms with Crippen molar-refractivity contribution in [3.8, 4) is 22.3 Å². The maximum absolute atomic E-state index is 6.82. The molecule has 0 spiro atoms. The lowest BCUT2D eigenvalue weighted by Crippen LogP contribution is -1.99. The van der Waals surface area contributed by atoms with Gasteiger partial charge in [0.05, 0.1) is 0 Å². The minimum Gasteiger partial charge on any atom is -0.398 e. The molecule has 5 aromatic carbocycles. The van der Waals surface area contributed by atoms with Crippen LogP contribution in [0.25, 0.3) is 43.8 Å². The van der Waals surface area contributed by atoms with Gasteiger partial charge in [-0.25, -0.2) is 0 Å². The van der Waals surface area contributed by atoms with Gasteiger partial charge in [0.2, 0.25) is 0 Å². The normalized spacial score (nSPS) is 11.1. The van der Waals surface area contributed by atoms with E-state index < -0.39 is 0 Å². The van der Waals surface area contributed by atoms with Gasteiger partial charge in [-0.05, 0) is 39.2 Å². The van der Waals surface area contributed by atoms with Gasteiger partial charge in [0.1, 0.15) is 0 Å². The summed E-state index contributed by atoms with van der Waals surface area (Å²) in [6.07, 6.45) is 0. The van der Waals surface area contributed by atoms with Crippen LogP contribution in [0.2, 0.25) is 0 Å². The smallest absolute Gasteiger partial charge is 0.0480 e. The predicted molar refractivity (Wildman–Crippen MR) is 121 cm³/mol. The van der Waals surface area contributed by atoms with Crippen molar-refractivity contribution in [1.29, 1.82) is 0 Å². The molecule has 0 saturated carbocycles. The maximum atomic E-state index is 6.82. The first-order valence-electron chi connectivity index (χ1n) is 9.38. The van der Waals surface area contributed by atoms with E-state index in [2.05, 4.69) is 60.7 Å². The van der Waals surface area contributed by atoms with Crippen LogP contribution in [0.1, 0.15) is 0 Å². The number of rotatable bonds is 2. The van der Waals surface area contributed by atoms with E-state index in [9.17, 15) is 0 Å². The number of fused-ring (bicyclic) bond motifs is 2.